The minimum absolute atomic E-state index is 0.528. The molecule has 0 amide bonds. The Bertz CT molecular complexity index is 395. The number of rotatable bonds is 2. The standard InChI is InChI=1S/C12H16BrClN2/c1-8-5-10(13)12(6-11(8)14)15-9-3-4-16(2)7-9/h5-6,9,15H,3-4,7H2,1-2H3. The number of hydrogen-bond acceptors (Lipinski definition) is 2. The summed E-state index contributed by atoms with van der Waals surface area (Å²) in [6.45, 7) is 4.27. The van der Waals surface area contributed by atoms with Crippen molar-refractivity contribution in [2.24, 2.45) is 0 Å². The highest BCUT2D eigenvalue weighted by atomic mass is 79.9. The summed E-state index contributed by atoms with van der Waals surface area (Å²) in [6.07, 6.45) is 1.19. The SMILES string of the molecule is Cc1cc(Br)c(NC2CCN(C)C2)cc1Cl. The monoisotopic (exact) mass is 302 g/mol. The summed E-state index contributed by atoms with van der Waals surface area (Å²) in [7, 11) is 2.15. The Hall–Kier alpha value is -0.250. The van der Waals surface area contributed by atoms with Gasteiger partial charge in [-0.2, -0.15) is 0 Å². The predicted molar refractivity (Wildman–Crippen MR) is 73.4 cm³/mol. The summed E-state index contributed by atoms with van der Waals surface area (Å²) >= 11 is 9.70. The molecule has 0 saturated carbocycles. The van der Waals surface area contributed by atoms with E-state index in [0.29, 0.717) is 6.04 Å². The average Bonchev–Trinajstić information content (AvgIpc) is 2.60. The molecule has 2 rings (SSSR count). The van der Waals surface area contributed by atoms with Crippen LogP contribution in [0.5, 0.6) is 0 Å². The normalized spacial score (nSPS) is 21.4. The molecule has 4 heteroatoms. The summed E-state index contributed by atoms with van der Waals surface area (Å²) < 4.78 is 1.09. The van der Waals surface area contributed by atoms with Gasteiger partial charge in [0.2, 0.25) is 0 Å². The number of halogens is 2. The van der Waals surface area contributed by atoms with Gasteiger partial charge in [-0.1, -0.05) is 11.6 Å². The van der Waals surface area contributed by atoms with Crippen molar-refractivity contribution in [3.05, 3.63) is 27.2 Å². The molecule has 2 nitrogen and oxygen atoms in total. The first-order valence-corrected chi connectivity index (χ1v) is 6.64. The van der Waals surface area contributed by atoms with Crippen LogP contribution in [-0.2, 0) is 0 Å². The molecule has 1 unspecified atom stereocenters. The van der Waals surface area contributed by atoms with Gasteiger partial charge in [-0.3, -0.25) is 0 Å². The maximum atomic E-state index is 6.13. The molecule has 0 aromatic heterocycles. The molecular formula is C12H16BrClN2. The lowest BCUT2D eigenvalue weighted by Crippen LogP contribution is -2.23. The van der Waals surface area contributed by atoms with Crippen molar-refractivity contribution in [1.82, 2.24) is 4.90 Å². The molecule has 1 atom stereocenters. The second kappa shape index (κ2) is 4.94. The van der Waals surface area contributed by atoms with Crippen molar-refractivity contribution >= 4 is 33.2 Å². The Morgan fingerprint density at radius 1 is 1.50 bits per heavy atom. The summed E-state index contributed by atoms with van der Waals surface area (Å²) in [5.41, 5.74) is 2.19. The third-order valence-corrected chi connectivity index (χ3v) is 4.06. The second-order valence-corrected chi connectivity index (χ2v) is 5.73. The molecule has 0 spiro atoms. The van der Waals surface area contributed by atoms with Crippen LogP contribution in [0.1, 0.15) is 12.0 Å². The van der Waals surface area contributed by atoms with Crippen molar-refractivity contribution in [3.8, 4) is 0 Å². The number of nitrogens with zero attached hydrogens (tertiary/aromatic N) is 1. The van der Waals surface area contributed by atoms with Gasteiger partial charge in [0.1, 0.15) is 0 Å². The summed E-state index contributed by atoms with van der Waals surface area (Å²) in [6, 6.07) is 4.59. The van der Waals surface area contributed by atoms with Crippen LogP contribution in [0, 0.1) is 6.92 Å². The van der Waals surface area contributed by atoms with E-state index < -0.39 is 0 Å². The fourth-order valence-corrected chi connectivity index (χ4v) is 2.77. The fourth-order valence-electron chi connectivity index (χ4n) is 2.03. The Morgan fingerprint density at radius 3 is 2.88 bits per heavy atom. The topological polar surface area (TPSA) is 15.3 Å². The first kappa shape index (κ1) is 12.2. The van der Waals surface area contributed by atoms with E-state index >= 15 is 0 Å². The van der Waals surface area contributed by atoms with E-state index in [4.69, 9.17) is 11.6 Å². The van der Waals surface area contributed by atoms with Gasteiger partial charge in [-0.05, 0) is 60.6 Å². The van der Waals surface area contributed by atoms with Crippen molar-refractivity contribution in [3.63, 3.8) is 0 Å². The van der Waals surface area contributed by atoms with E-state index in [1.165, 1.54) is 6.42 Å². The second-order valence-electron chi connectivity index (χ2n) is 4.47. The zero-order valence-electron chi connectivity index (χ0n) is 9.56. The van der Waals surface area contributed by atoms with Crippen LogP contribution in [0.25, 0.3) is 0 Å². The summed E-state index contributed by atoms with van der Waals surface area (Å²) in [5, 5.41) is 4.35. The first-order valence-electron chi connectivity index (χ1n) is 5.47. The van der Waals surface area contributed by atoms with Crippen LogP contribution >= 0.6 is 27.5 Å². The van der Waals surface area contributed by atoms with Gasteiger partial charge < -0.3 is 10.2 Å². The highest BCUT2D eigenvalue weighted by Crippen LogP contribution is 2.30. The number of likely N-dealkylation sites (N-methyl/N-ethyl adjacent to an activating group) is 1. The number of likely N-dealkylation sites (tertiary alicyclic amines) is 1. The molecular weight excluding hydrogens is 288 g/mol. The molecule has 1 N–H and O–H groups in total. The maximum Gasteiger partial charge on any atom is 0.0502 e. The lowest BCUT2D eigenvalue weighted by Gasteiger charge is -2.16. The molecule has 0 aliphatic carbocycles. The molecule has 1 aliphatic heterocycles. The predicted octanol–water partition coefficient (Wildman–Crippen LogP) is 3.53. The van der Waals surface area contributed by atoms with Crippen molar-refractivity contribution in [2.75, 3.05) is 25.5 Å². The molecule has 88 valence electrons. The lowest BCUT2D eigenvalue weighted by atomic mass is 10.2. The largest absolute Gasteiger partial charge is 0.380 e. The van der Waals surface area contributed by atoms with Gasteiger partial charge >= 0.3 is 0 Å². The number of hydrogen-bond donors (Lipinski definition) is 1. The molecule has 0 bridgehead atoms. The Balaban J connectivity index is 2.12. The zero-order chi connectivity index (χ0) is 11.7. The molecule has 16 heavy (non-hydrogen) atoms. The maximum absolute atomic E-state index is 6.13. The van der Waals surface area contributed by atoms with Crippen molar-refractivity contribution in [2.45, 2.75) is 19.4 Å². The quantitative estimate of drug-likeness (QED) is 0.899. The highest BCUT2D eigenvalue weighted by Gasteiger charge is 2.19. The number of aryl methyl sites for hydroxylation is 1. The summed E-state index contributed by atoms with van der Waals surface area (Å²) in [5.74, 6) is 0. The molecule has 1 aromatic rings. The van der Waals surface area contributed by atoms with Crippen LogP contribution < -0.4 is 5.32 Å². The van der Waals surface area contributed by atoms with Crippen molar-refractivity contribution in [1.29, 1.82) is 0 Å². The molecule has 0 radical (unpaired) electrons. The van der Waals surface area contributed by atoms with Gasteiger partial charge in [0.05, 0.1) is 5.69 Å². The average molecular weight is 304 g/mol. The third-order valence-electron chi connectivity index (χ3n) is 3.00. The Kier molecular flexibility index (Phi) is 3.77. The van der Waals surface area contributed by atoms with Gasteiger partial charge in [0.25, 0.3) is 0 Å². The molecule has 1 fully saturated rings. The van der Waals surface area contributed by atoms with Gasteiger partial charge in [0.15, 0.2) is 0 Å². The molecule has 1 aromatic carbocycles. The van der Waals surface area contributed by atoms with Crippen LogP contribution in [0.2, 0.25) is 5.02 Å². The van der Waals surface area contributed by atoms with Crippen LogP contribution in [0.15, 0.2) is 16.6 Å². The number of benzene rings is 1. The lowest BCUT2D eigenvalue weighted by molar-refractivity contribution is 0.414. The third kappa shape index (κ3) is 2.70. The van der Waals surface area contributed by atoms with Gasteiger partial charge in [0, 0.05) is 22.1 Å². The van der Waals surface area contributed by atoms with Crippen LogP contribution in [0.3, 0.4) is 0 Å². The van der Waals surface area contributed by atoms with Crippen molar-refractivity contribution < 1.29 is 0 Å². The molecule has 1 heterocycles. The van der Waals surface area contributed by atoms with Gasteiger partial charge in [-0.15, -0.1) is 0 Å². The van der Waals surface area contributed by atoms with E-state index in [2.05, 4.69) is 39.3 Å². The Labute approximate surface area is 110 Å². The van der Waals surface area contributed by atoms with E-state index in [0.717, 1.165) is 33.8 Å². The number of nitrogens with one attached hydrogen (secondary N) is 1. The molecule has 1 saturated heterocycles. The number of anilines is 1. The van der Waals surface area contributed by atoms with Crippen LogP contribution in [-0.4, -0.2) is 31.1 Å². The minimum Gasteiger partial charge on any atom is -0.380 e. The smallest absolute Gasteiger partial charge is 0.0502 e. The van der Waals surface area contributed by atoms with E-state index in [1.54, 1.807) is 0 Å². The molecule has 1 aliphatic rings. The first-order chi connectivity index (χ1) is 7.56. The van der Waals surface area contributed by atoms with Crippen LogP contribution in [0.4, 0.5) is 5.69 Å². The van der Waals surface area contributed by atoms with Gasteiger partial charge in [-0.25, -0.2) is 0 Å². The van der Waals surface area contributed by atoms with E-state index in [1.807, 2.05) is 13.0 Å². The zero-order valence-corrected chi connectivity index (χ0v) is 11.9. The highest BCUT2D eigenvalue weighted by molar-refractivity contribution is 9.10. The van der Waals surface area contributed by atoms with E-state index in [9.17, 15) is 0 Å². The minimum atomic E-state index is 0.528. The van der Waals surface area contributed by atoms with E-state index in [-0.39, 0.29) is 0 Å². The summed E-state index contributed by atoms with van der Waals surface area (Å²) in [4.78, 5) is 2.33. The Morgan fingerprint density at radius 2 is 2.25 bits per heavy atom. The fraction of sp³-hybridized carbons (Fsp3) is 0.500.